The van der Waals surface area contributed by atoms with E-state index in [0.29, 0.717) is 23.9 Å². The summed E-state index contributed by atoms with van der Waals surface area (Å²) in [7, 11) is 1.60. The Hall–Kier alpha value is -0.420. The molecule has 3 nitrogen and oxygen atoms in total. The number of hydrogen-bond donors (Lipinski definition) is 2. The molecule has 0 bridgehead atoms. The highest BCUT2D eigenvalue weighted by molar-refractivity contribution is 7.99. The number of nitrogens with one attached hydrogen (secondary N) is 1. The van der Waals surface area contributed by atoms with E-state index in [4.69, 9.17) is 16.3 Å². The topological polar surface area (TPSA) is 41.5 Å². The van der Waals surface area contributed by atoms with Crippen LogP contribution >= 0.6 is 23.4 Å². The van der Waals surface area contributed by atoms with Gasteiger partial charge in [-0.2, -0.15) is 11.8 Å². The van der Waals surface area contributed by atoms with Crippen LogP contribution in [-0.4, -0.2) is 35.9 Å². The van der Waals surface area contributed by atoms with Crippen molar-refractivity contribution in [3.63, 3.8) is 0 Å². The number of thioether (sulfide) groups is 1. The molecule has 1 aromatic rings. The molecule has 5 heteroatoms. The Labute approximate surface area is 117 Å². The van der Waals surface area contributed by atoms with Gasteiger partial charge in [-0.3, -0.25) is 0 Å². The van der Waals surface area contributed by atoms with E-state index in [1.54, 1.807) is 7.11 Å². The molecule has 0 aliphatic carbocycles. The van der Waals surface area contributed by atoms with Crippen LogP contribution in [0, 0.1) is 0 Å². The number of aliphatic hydroxyl groups is 1. The molecule has 1 unspecified atom stereocenters. The van der Waals surface area contributed by atoms with Crippen molar-refractivity contribution in [3.05, 3.63) is 28.8 Å². The molecule has 1 aliphatic heterocycles. The molecule has 0 radical (unpaired) electrons. The van der Waals surface area contributed by atoms with Crippen LogP contribution < -0.4 is 10.1 Å². The normalized spacial score (nSPS) is 23.3. The predicted octanol–water partition coefficient (Wildman–Crippen LogP) is 2.31. The van der Waals surface area contributed by atoms with E-state index in [2.05, 4.69) is 5.32 Å². The first-order valence-corrected chi connectivity index (χ1v) is 7.49. The van der Waals surface area contributed by atoms with E-state index in [0.717, 1.165) is 23.5 Å². The van der Waals surface area contributed by atoms with E-state index in [1.165, 1.54) is 0 Å². The van der Waals surface area contributed by atoms with Crippen molar-refractivity contribution >= 4 is 23.4 Å². The Morgan fingerprint density at radius 3 is 3.00 bits per heavy atom. The second-order valence-electron chi connectivity index (χ2n) is 4.60. The molecule has 0 saturated carbocycles. The zero-order valence-corrected chi connectivity index (χ0v) is 12.0. The molecule has 1 heterocycles. The molecule has 0 aromatic heterocycles. The molecule has 1 saturated heterocycles. The van der Waals surface area contributed by atoms with Gasteiger partial charge in [-0.15, -0.1) is 0 Å². The van der Waals surface area contributed by atoms with Crippen LogP contribution in [0.25, 0.3) is 0 Å². The van der Waals surface area contributed by atoms with Gasteiger partial charge < -0.3 is 15.2 Å². The Kier molecular flexibility index (Phi) is 4.78. The average Bonchev–Trinajstić information content (AvgIpc) is 2.77. The third kappa shape index (κ3) is 3.54. The van der Waals surface area contributed by atoms with Gasteiger partial charge in [0.1, 0.15) is 5.75 Å². The zero-order chi connectivity index (χ0) is 13.0. The van der Waals surface area contributed by atoms with Gasteiger partial charge in [0.2, 0.25) is 0 Å². The van der Waals surface area contributed by atoms with Crippen LogP contribution in [-0.2, 0) is 6.54 Å². The standard InChI is InChI=1S/C13H18ClNO2S/c1-17-12-3-2-10(6-11(12)14)7-15-8-13(16)4-5-18-9-13/h2-3,6,15-16H,4-5,7-9H2,1H3. The first-order valence-electron chi connectivity index (χ1n) is 5.96. The molecule has 1 fully saturated rings. The maximum absolute atomic E-state index is 10.2. The SMILES string of the molecule is COc1ccc(CNCC2(O)CCSC2)cc1Cl. The minimum absolute atomic E-state index is 0.541. The van der Waals surface area contributed by atoms with Gasteiger partial charge in [-0.05, 0) is 29.9 Å². The summed E-state index contributed by atoms with van der Waals surface area (Å²) in [5.74, 6) is 2.56. The maximum Gasteiger partial charge on any atom is 0.137 e. The van der Waals surface area contributed by atoms with E-state index in [9.17, 15) is 5.11 Å². The number of halogens is 1. The number of benzene rings is 1. The summed E-state index contributed by atoms with van der Waals surface area (Å²) in [6.07, 6.45) is 0.869. The number of methoxy groups -OCH3 is 1. The molecule has 18 heavy (non-hydrogen) atoms. The lowest BCUT2D eigenvalue weighted by molar-refractivity contribution is 0.0675. The summed E-state index contributed by atoms with van der Waals surface area (Å²) < 4.78 is 5.11. The Bertz CT molecular complexity index is 408. The van der Waals surface area contributed by atoms with Gasteiger partial charge in [-0.1, -0.05) is 17.7 Å². The molecule has 2 N–H and O–H groups in total. The van der Waals surface area contributed by atoms with Crippen molar-refractivity contribution in [3.8, 4) is 5.75 Å². The molecule has 1 aliphatic rings. The summed E-state index contributed by atoms with van der Waals surface area (Å²) in [4.78, 5) is 0. The van der Waals surface area contributed by atoms with Crippen molar-refractivity contribution in [1.82, 2.24) is 5.32 Å². The molecule has 1 aromatic carbocycles. The molecule has 0 amide bonds. The van der Waals surface area contributed by atoms with E-state index >= 15 is 0 Å². The second kappa shape index (κ2) is 6.15. The zero-order valence-electron chi connectivity index (χ0n) is 10.4. The average molecular weight is 288 g/mol. The van der Waals surface area contributed by atoms with Gasteiger partial charge in [0, 0.05) is 18.8 Å². The maximum atomic E-state index is 10.2. The third-order valence-corrected chi connectivity index (χ3v) is 4.61. The lowest BCUT2D eigenvalue weighted by Gasteiger charge is -2.21. The fourth-order valence-corrected chi connectivity index (χ4v) is 3.57. The summed E-state index contributed by atoms with van der Waals surface area (Å²) in [5.41, 5.74) is 0.552. The van der Waals surface area contributed by atoms with E-state index < -0.39 is 5.60 Å². The second-order valence-corrected chi connectivity index (χ2v) is 6.11. The summed E-state index contributed by atoms with van der Waals surface area (Å²) in [6, 6.07) is 5.73. The molecule has 2 rings (SSSR count). The quantitative estimate of drug-likeness (QED) is 0.872. The van der Waals surface area contributed by atoms with Gasteiger partial charge >= 0.3 is 0 Å². The fourth-order valence-electron chi connectivity index (χ4n) is 2.00. The van der Waals surface area contributed by atoms with Crippen molar-refractivity contribution in [2.75, 3.05) is 25.2 Å². The van der Waals surface area contributed by atoms with Crippen LogP contribution in [0.3, 0.4) is 0 Å². The van der Waals surface area contributed by atoms with Gasteiger partial charge in [0.25, 0.3) is 0 Å². The van der Waals surface area contributed by atoms with Crippen molar-refractivity contribution in [2.24, 2.45) is 0 Å². The largest absolute Gasteiger partial charge is 0.495 e. The number of ether oxygens (including phenoxy) is 1. The first-order chi connectivity index (χ1) is 8.63. The van der Waals surface area contributed by atoms with Gasteiger partial charge in [0.15, 0.2) is 0 Å². The highest BCUT2D eigenvalue weighted by Gasteiger charge is 2.30. The summed E-state index contributed by atoms with van der Waals surface area (Å²) in [6.45, 7) is 1.33. The molecular weight excluding hydrogens is 270 g/mol. The fraction of sp³-hybridized carbons (Fsp3) is 0.538. The van der Waals surface area contributed by atoms with E-state index in [-0.39, 0.29) is 0 Å². The van der Waals surface area contributed by atoms with Crippen LogP contribution in [0.1, 0.15) is 12.0 Å². The molecule has 1 atom stereocenters. The monoisotopic (exact) mass is 287 g/mol. The summed E-state index contributed by atoms with van der Waals surface area (Å²) in [5, 5.41) is 14.1. The third-order valence-electron chi connectivity index (χ3n) is 3.08. The van der Waals surface area contributed by atoms with Crippen LogP contribution in [0.15, 0.2) is 18.2 Å². The molecule has 0 spiro atoms. The van der Waals surface area contributed by atoms with Crippen LogP contribution in [0.2, 0.25) is 5.02 Å². The lowest BCUT2D eigenvalue weighted by Crippen LogP contribution is -2.40. The Morgan fingerprint density at radius 2 is 2.39 bits per heavy atom. The van der Waals surface area contributed by atoms with Gasteiger partial charge in [0.05, 0.1) is 17.7 Å². The highest BCUT2D eigenvalue weighted by Crippen LogP contribution is 2.27. The van der Waals surface area contributed by atoms with Crippen molar-refractivity contribution in [1.29, 1.82) is 0 Å². The molecule has 100 valence electrons. The highest BCUT2D eigenvalue weighted by atomic mass is 35.5. The van der Waals surface area contributed by atoms with Crippen molar-refractivity contribution < 1.29 is 9.84 Å². The first kappa shape index (κ1) is 14.0. The van der Waals surface area contributed by atoms with Crippen LogP contribution in [0.5, 0.6) is 5.75 Å². The smallest absolute Gasteiger partial charge is 0.137 e. The minimum atomic E-state index is -0.541. The van der Waals surface area contributed by atoms with Crippen molar-refractivity contribution in [2.45, 2.75) is 18.6 Å². The number of rotatable bonds is 5. The lowest BCUT2D eigenvalue weighted by atomic mass is 10.0. The van der Waals surface area contributed by atoms with Gasteiger partial charge in [-0.25, -0.2) is 0 Å². The Morgan fingerprint density at radius 1 is 1.56 bits per heavy atom. The predicted molar refractivity (Wildman–Crippen MR) is 76.6 cm³/mol. The van der Waals surface area contributed by atoms with Crippen LogP contribution in [0.4, 0.5) is 0 Å². The Balaban J connectivity index is 1.85. The number of hydrogen-bond acceptors (Lipinski definition) is 4. The molecular formula is C13H18ClNO2S. The van der Waals surface area contributed by atoms with E-state index in [1.807, 2.05) is 30.0 Å². The minimum Gasteiger partial charge on any atom is -0.495 e. The summed E-state index contributed by atoms with van der Waals surface area (Å²) >= 11 is 7.86.